The number of thioether (sulfide) groups is 1. The van der Waals surface area contributed by atoms with E-state index in [0.717, 1.165) is 22.2 Å². The molecule has 1 aliphatic heterocycles. The summed E-state index contributed by atoms with van der Waals surface area (Å²) in [5.41, 5.74) is 1.28. The van der Waals surface area contributed by atoms with Crippen molar-refractivity contribution in [3.05, 3.63) is 64.0 Å². The quantitative estimate of drug-likeness (QED) is 0.625. The van der Waals surface area contributed by atoms with Gasteiger partial charge in [-0.1, -0.05) is 43.6 Å². The summed E-state index contributed by atoms with van der Waals surface area (Å²) in [5.74, 6) is 0.737. The van der Waals surface area contributed by atoms with E-state index >= 15 is 0 Å². The number of carbonyl (C=O) groups excluding carboxylic acids is 2. The second-order valence-electron chi connectivity index (χ2n) is 6.24. The van der Waals surface area contributed by atoms with Crippen molar-refractivity contribution in [1.29, 1.82) is 0 Å². The van der Waals surface area contributed by atoms with Crippen LogP contribution in [0.5, 0.6) is 5.75 Å². The van der Waals surface area contributed by atoms with Crippen LogP contribution in [-0.2, 0) is 4.79 Å². The zero-order valence-corrected chi connectivity index (χ0v) is 16.0. The van der Waals surface area contributed by atoms with Gasteiger partial charge in [-0.25, -0.2) is 4.90 Å². The van der Waals surface area contributed by atoms with E-state index < -0.39 is 0 Å². The molecule has 0 bridgehead atoms. The van der Waals surface area contributed by atoms with Crippen LogP contribution in [0.25, 0.3) is 6.08 Å². The monoisotopic (exact) mass is 387 g/mol. The zero-order valence-electron chi connectivity index (χ0n) is 14.4. The topological polar surface area (TPSA) is 46.6 Å². The second kappa shape index (κ2) is 7.98. The third-order valence-electron chi connectivity index (χ3n) is 3.66. The van der Waals surface area contributed by atoms with Crippen molar-refractivity contribution < 1.29 is 14.3 Å². The molecule has 0 spiro atoms. The number of imide groups is 1. The lowest BCUT2D eigenvalue weighted by atomic mass is 10.1. The SMILES string of the molecule is CC(C)COc1ccccc1/C=C1\SC(=O)N(c2ccc(Cl)cc2)C1=O. The summed E-state index contributed by atoms with van der Waals surface area (Å²) in [5, 5.41) is 0.219. The van der Waals surface area contributed by atoms with Crippen molar-refractivity contribution in [2.24, 2.45) is 5.92 Å². The fraction of sp³-hybridized carbons (Fsp3) is 0.200. The van der Waals surface area contributed by atoms with Crippen LogP contribution in [0, 0.1) is 5.92 Å². The van der Waals surface area contributed by atoms with Gasteiger partial charge in [0.1, 0.15) is 5.75 Å². The lowest BCUT2D eigenvalue weighted by Crippen LogP contribution is -2.27. The summed E-state index contributed by atoms with van der Waals surface area (Å²) in [6.07, 6.45) is 1.70. The lowest BCUT2D eigenvalue weighted by Gasteiger charge is -2.12. The molecule has 1 heterocycles. The van der Waals surface area contributed by atoms with Gasteiger partial charge in [-0.3, -0.25) is 9.59 Å². The van der Waals surface area contributed by atoms with Crippen LogP contribution in [0.15, 0.2) is 53.4 Å². The molecule has 0 radical (unpaired) electrons. The molecule has 0 saturated carbocycles. The minimum Gasteiger partial charge on any atom is -0.493 e. The molecule has 2 aromatic rings. The van der Waals surface area contributed by atoms with E-state index in [1.165, 1.54) is 0 Å². The predicted molar refractivity (Wildman–Crippen MR) is 107 cm³/mol. The van der Waals surface area contributed by atoms with Crippen LogP contribution in [0.3, 0.4) is 0 Å². The van der Waals surface area contributed by atoms with E-state index in [1.54, 1.807) is 30.3 Å². The Morgan fingerprint density at radius 3 is 2.50 bits per heavy atom. The predicted octanol–water partition coefficient (Wildman–Crippen LogP) is 5.62. The molecule has 2 amide bonds. The number of hydrogen-bond acceptors (Lipinski definition) is 4. The molecule has 1 aliphatic rings. The summed E-state index contributed by atoms with van der Waals surface area (Å²) in [7, 11) is 0. The Labute approximate surface area is 161 Å². The lowest BCUT2D eigenvalue weighted by molar-refractivity contribution is -0.113. The van der Waals surface area contributed by atoms with Crippen molar-refractivity contribution in [2.45, 2.75) is 13.8 Å². The number of carbonyl (C=O) groups is 2. The maximum Gasteiger partial charge on any atom is 0.298 e. The number of anilines is 1. The van der Waals surface area contributed by atoms with Gasteiger partial charge in [-0.05, 0) is 54.1 Å². The van der Waals surface area contributed by atoms with Gasteiger partial charge in [0.15, 0.2) is 0 Å². The molecule has 134 valence electrons. The Morgan fingerprint density at radius 2 is 1.81 bits per heavy atom. The molecule has 0 aromatic heterocycles. The number of amides is 2. The van der Waals surface area contributed by atoms with Crippen LogP contribution in [0.1, 0.15) is 19.4 Å². The third-order valence-corrected chi connectivity index (χ3v) is 4.78. The van der Waals surface area contributed by atoms with Crippen LogP contribution in [-0.4, -0.2) is 17.8 Å². The fourth-order valence-electron chi connectivity index (χ4n) is 2.41. The van der Waals surface area contributed by atoms with Crippen molar-refractivity contribution >= 4 is 46.3 Å². The van der Waals surface area contributed by atoms with Crippen molar-refractivity contribution in [3.63, 3.8) is 0 Å². The largest absolute Gasteiger partial charge is 0.493 e. The maximum absolute atomic E-state index is 12.7. The van der Waals surface area contributed by atoms with Crippen molar-refractivity contribution in [3.8, 4) is 5.75 Å². The number of benzene rings is 2. The Balaban J connectivity index is 1.88. The van der Waals surface area contributed by atoms with Gasteiger partial charge in [-0.2, -0.15) is 0 Å². The number of rotatable bonds is 5. The summed E-state index contributed by atoms with van der Waals surface area (Å²) in [6.45, 7) is 4.72. The number of nitrogens with zero attached hydrogens (tertiary/aromatic N) is 1. The van der Waals surface area contributed by atoms with E-state index in [0.29, 0.717) is 33.9 Å². The molecule has 26 heavy (non-hydrogen) atoms. The Bertz CT molecular complexity index is 862. The van der Waals surface area contributed by atoms with E-state index in [4.69, 9.17) is 16.3 Å². The molecule has 0 aliphatic carbocycles. The van der Waals surface area contributed by atoms with Gasteiger partial charge < -0.3 is 4.74 Å². The third kappa shape index (κ3) is 4.11. The minimum absolute atomic E-state index is 0.329. The fourth-order valence-corrected chi connectivity index (χ4v) is 3.37. The molecule has 6 heteroatoms. The average Bonchev–Trinajstić information content (AvgIpc) is 2.89. The number of para-hydroxylation sites is 1. The number of halogens is 1. The highest BCUT2D eigenvalue weighted by molar-refractivity contribution is 8.19. The first-order chi connectivity index (χ1) is 12.5. The van der Waals surface area contributed by atoms with Gasteiger partial charge in [0.05, 0.1) is 17.2 Å². The first kappa shape index (κ1) is 18.5. The highest BCUT2D eigenvalue weighted by Gasteiger charge is 2.36. The van der Waals surface area contributed by atoms with Crippen LogP contribution >= 0.6 is 23.4 Å². The van der Waals surface area contributed by atoms with Crippen molar-refractivity contribution in [1.82, 2.24) is 0 Å². The Kier molecular flexibility index (Phi) is 5.69. The normalized spacial score (nSPS) is 16.0. The highest BCUT2D eigenvalue weighted by atomic mass is 35.5. The highest BCUT2D eigenvalue weighted by Crippen LogP contribution is 2.37. The summed E-state index contributed by atoms with van der Waals surface area (Å²) < 4.78 is 5.82. The van der Waals surface area contributed by atoms with E-state index in [-0.39, 0.29) is 11.1 Å². The smallest absolute Gasteiger partial charge is 0.298 e. The molecule has 4 nitrogen and oxygen atoms in total. The molecule has 2 aromatic carbocycles. The van der Waals surface area contributed by atoms with Gasteiger partial charge in [0.25, 0.3) is 11.1 Å². The molecule has 1 saturated heterocycles. The molecule has 1 fully saturated rings. The van der Waals surface area contributed by atoms with Gasteiger partial charge >= 0.3 is 0 Å². The molecular formula is C20H18ClNO3S. The van der Waals surface area contributed by atoms with Crippen LogP contribution < -0.4 is 9.64 Å². The van der Waals surface area contributed by atoms with Crippen molar-refractivity contribution in [2.75, 3.05) is 11.5 Å². The maximum atomic E-state index is 12.7. The molecule has 0 N–H and O–H groups in total. The zero-order chi connectivity index (χ0) is 18.7. The molecular weight excluding hydrogens is 370 g/mol. The second-order valence-corrected chi connectivity index (χ2v) is 7.67. The van der Waals surface area contributed by atoms with E-state index in [9.17, 15) is 9.59 Å². The number of hydrogen-bond donors (Lipinski definition) is 0. The number of ether oxygens (including phenoxy) is 1. The molecule has 0 atom stereocenters. The van der Waals surface area contributed by atoms with Gasteiger partial charge in [-0.15, -0.1) is 0 Å². The van der Waals surface area contributed by atoms with Gasteiger partial charge in [0, 0.05) is 10.6 Å². The standard InChI is InChI=1S/C20H18ClNO3S/c1-13(2)12-25-17-6-4-3-5-14(17)11-18-19(23)22(20(24)26-18)16-9-7-15(21)8-10-16/h3-11,13H,12H2,1-2H3/b18-11-. The summed E-state index contributed by atoms with van der Waals surface area (Å²) in [4.78, 5) is 26.6. The summed E-state index contributed by atoms with van der Waals surface area (Å²) in [6, 6.07) is 14.1. The Morgan fingerprint density at radius 1 is 1.12 bits per heavy atom. The van der Waals surface area contributed by atoms with Crippen LogP contribution in [0.4, 0.5) is 10.5 Å². The molecule has 0 unspecified atom stereocenters. The first-order valence-electron chi connectivity index (χ1n) is 8.21. The average molecular weight is 388 g/mol. The van der Waals surface area contributed by atoms with Gasteiger partial charge in [0.2, 0.25) is 0 Å². The van der Waals surface area contributed by atoms with E-state index in [1.807, 2.05) is 24.3 Å². The minimum atomic E-state index is -0.346. The molecule has 3 rings (SSSR count). The summed E-state index contributed by atoms with van der Waals surface area (Å²) >= 11 is 6.80. The van der Waals surface area contributed by atoms with Crippen LogP contribution in [0.2, 0.25) is 5.02 Å². The first-order valence-corrected chi connectivity index (χ1v) is 9.40. The Hall–Kier alpha value is -2.24. The van der Waals surface area contributed by atoms with E-state index in [2.05, 4.69) is 13.8 Å².